The maximum absolute atomic E-state index is 13.0. The number of anilines is 2. The summed E-state index contributed by atoms with van der Waals surface area (Å²) in [5, 5.41) is 11.8. The van der Waals surface area contributed by atoms with Gasteiger partial charge < -0.3 is 24.3 Å². The van der Waals surface area contributed by atoms with Crippen LogP contribution >= 0.6 is 23.4 Å². The van der Waals surface area contributed by atoms with Crippen molar-refractivity contribution < 1.29 is 18.7 Å². The summed E-state index contributed by atoms with van der Waals surface area (Å²) in [6, 6.07) is 22.1. The van der Waals surface area contributed by atoms with Gasteiger partial charge in [-0.15, -0.1) is 10.2 Å². The highest BCUT2D eigenvalue weighted by Crippen LogP contribution is 2.26. The molecule has 4 aromatic rings. The van der Waals surface area contributed by atoms with Crippen molar-refractivity contribution >= 4 is 46.6 Å². The number of aromatic nitrogens is 2. The lowest BCUT2D eigenvalue weighted by molar-refractivity contribution is -0.113. The van der Waals surface area contributed by atoms with Crippen LogP contribution in [-0.4, -0.2) is 66.0 Å². The second-order valence-electron chi connectivity index (χ2n) is 8.75. The first-order valence-corrected chi connectivity index (χ1v) is 13.7. The van der Waals surface area contributed by atoms with E-state index in [2.05, 4.69) is 20.4 Å². The number of benzene rings is 3. The summed E-state index contributed by atoms with van der Waals surface area (Å²) >= 11 is 7.18. The number of hydrogen-bond donors (Lipinski definition) is 1. The molecule has 1 fully saturated rings. The minimum Gasteiger partial charge on any atom is -0.496 e. The van der Waals surface area contributed by atoms with Crippen LogP contribution in [0.1, 0.15) is 10.4 Å². The van der Waals surface area contributed by atoms with E-state index in [1.807, 2.05) is 47.4 Å². The lowest BCUT2D eigenvalue weighted by Gasteiger charge is -2.36. The summed E-state index contributed by atoms with van der Waals surface area (Å²) in [6.07, 6.45) is 0. The summed E-state index contributed by atoms with van der Waals surface area (Å²) in [5.74, 6) is 0.852. The average Bonchev–Trinajstić information content (AvgIpc) is 3.45. The fourth-order valence-corrected chi connectivity index (χ4v) is 5.00. The highest BCUT2D eigenvalue weighted by Gasteiger charge is 2.24. The Morgan fingerprint density at radius 3 is 2.51 bits per heavy atom. The zero-order chi connectivity index (χ0) is 27.2. The van der Waals surface area contributed by atoms with Gasteiger partial charge in [0.2, 0.25) is 11.8 Å². The van der Waals surface area contributed by atoms with E-state index < -0.39 is 0 Å². The molecule has 39 heavy (non-hydrogen) atoms. The first-order chi connectivity index (χ1) is 19.0. The predicted molar refractivity (Wildman–Crippen MR) is 152 cm³/mol. The van der Waals surface area contributed by atoms with Crippen molar-refractivity contribution in [3.63, 3.8) is 0 Å². The number of amides is 2. The van der Waals surface area contributed by atoms with E-state index in [1.54, 1.807) is 37.4 Å². The molecule has 11 heteroatoms. The second kappa shape index (κ2) is 12.2. The first-order valence-electron chi connectivity index (χ1n) is 12.3. The van der Waals surface area contributed by atoms with Crippen LogP contribution in [0.15, 0.2) is 82.4 Å². The molecule has 0 bridgehead atoms. The van der Waals surface area contributed by atoms with Crippen LogP contribution in [-0.2, 0) is 4.79 Å². The largest absolute Gasteiger partial charge is 0.496 e. The molecule has 0 aliphatic carbocycles. The second-order valence-corrected chi connectivity index (χ2v) is 10.1. The standard InChI is InChI=1S/C28H26ClN5O4S/c1-37-24-8-3-2-7-23(24)27(36)34-15-13-33(14-16-34)22-11-9-21(10-12-22)30-25(35)18-39-28-32-31-26(38-28)19-5-4-6-20(29)17-19/h2-12,17H,13-16,18H2,1H3,(H,30,35). The fourth-order valence-electron chi connectivity index (χ4n) is 4.25. The number of piperazine rings is 1. The number of carbonyl (C=O) groups excluding carboxylic acids is 2. The molecule has 2 heterocycles. The third-order valence-corrected chi connectivity index (χ3v) is 7.28. The molecule has 1 saturated heterocycles. The van der Waals surface area contributed by atoms with Gasteiger partial charge in [0.05, 0.1) is 18.4 Å². The van der Waals surface area contributed by atoms with Gasteiger partial charge >= 0.3 is 0 Å². The summed E-state index contributed by atoms with van der Waals surface area (Å²) in [6.45, 7) is 2.65. The Morgan fingerprint density at radius 2 is 1.77 bits per heavy atom. The molecule has 1 aliphatic heterocycles. The zero-order valence-corrected chi connectivity index (χ0v) is 22.7. The van der Waals surface area contributed by atoms with E-state index in [0.717, 1.165) is 23.0 Å². The molecule has 3 aromatic carbocycles. The molecular weight excluding hydrogens is 538 g/mol. The third-order valence-electron chi connectivity index (χ3n) is 6.23. The van der Waals surface area contributed by atoms with Gasteiger partial charge in [-0.1, -0.05) is 41.6 Å². The topological polar surface area (TPSA) is 101 Å². The van der Waals surface area contributed by atoms with Gasteiger partial charge in [-0.2, -0.15) is 0 Å². The molecule has 9 nitrogen and oxygen atoms in total. The average molecular weight is 564 g/mol. The van der Waals surface area contributed by atoms with Crippen molar-refractivity contribution in [1.29, 1.82) is 0 Å². The first kappa shape index (κ1) is 26.6. The van der Waals surface area contributed by atoms with Crippen molar-refractivity contribution in [3.8, 4) is 17.2 Å². The van der Waals surface area contributed by atoms with Gasteiger partial charge in [0, 0.05) is 48.1 Å². The number of ether oxygens (including phenoxy) is 1. The Balaban J connectivity index is 1.09. The van der Waals surface area contributed by atoms with E-state index in [1.165, 1.54) is 0 Å². The molecule has 0 spiro atoms. The van der Waals surface area contributed by atoms with Crippen LogP contribution in [0.25, 0.3) is 11.5 Å². The summed E-state index contributed by atoms with van der Waals surface area (Å²) in [4.78, 5) is 29.5. The molecule has 5 rings (SSSR count). The van der Waals surface area contributed by atoms with Crippen molar-refractivity contribution in [3.05, 3.63) is 83.4 Å². The summed E-state index contributed by atoms with van der Waals surface area (Å²) < 4.78 is 11.0. The van der Waals surface area contributed by atoms with Gasteiger partial charge in [-0.05, 0) is 54.6 Å². The molecule has 2 amide bonds. The van der Waals surface area contributed by atoms with Gasteiger partial charge in [-0.25, -0.2) is 0 Å². The number of rotatable bonds is 8. The van der Waals surface area contributed by atoms with Gasteiger partial charge in [0.1, 0.15) is 5.75 Å². The van der Waals surface area contributed by atoms with E-state index in [-0.39, 0.29) is 17.6 Å². The smallest absolute Gasteiger partial charge is 0.277 e. The Labute approximate surface area is 235 Å². The number of thioether (sulfide) groups is 1. The molecule has 0 saturated carbocycles. The Hall–Kier alpha value is -4.02. The molecule has 1 aliphatic rings. The highest BCUT2D eigenvalue weighted by molar-refractivity contribution is 7.99. The van der Waals surface area contributed by atoms with Crippen molar-refractivity contribution in [2.24, 2.45) is 0 Å². The number of halogens is 1. The quantitative estimate of drug-likeness (QED) is 0.296. The maximum Gasteiger partial charge on any atom is 0.277 e. The Bertz CT molecular complexity index is 1450. The number of para-hydroxylation sites is 1. The van der Waals surface area contributed by atoms with Gasteiger partial charge in [0.15, 0.2) is 0 Å². The molecule has 0 unspecified atom stereocenters. The minimum absolute atomic E-state index is 0.0238. The molecule has 200 valence electrons. The van der Waals surface area contributed by atoms with Crippen molar-refractivity contribution in [2.75, 3.05) is 49.3 Å². The Kier molecular flexibility index (Phi) is 8.33. The number of carbonyl (C=O) groups is 2. The van der Waals surface area contributed by atoms with Crippen LogP contribution < -0.4 is 15.0 Å². The number of nitrogens with zero attached hydrogens (tertiary/aromatic N) is 4. The predicted octanol–water partition coefficient (Wildman–Crippen LogP) is 5.09. The molecule has 1 aromatic heterocycles. The van der Waals surface area contributed by atoms with Crippen LogP contribution in [0.4, 0.5) is 11.4 Å². The number of methoxy groups -OCH3 is 1. The van der Waals surface area contributed by atoms with E-state index in [4.69, 9.17) is 20.8 Å². The Morgan fingerprint density at radius 1 is 1.00 bits per heavy atom. The summed E-state index contributed by atoms with van der Waals surface area (Å²) in [5.41, 5.74) is 3.02. The van der Waals surface area contributed by atoms with Gasteiger partial charge in [-0.3, -0.25) is 9.59 Å². The lowest BCUT2D eigenvalue weighted by Crippen LogP contribution is -2.48. The molecular formula is C28H26ClN5O4S. The van der Waals surface area contributed by atoms with Crippen LogP contribution in [0.5, 0.6) is 5.75 Å². The van der Waals surface area contributed by atoms with Crippen molar-refractivity contribution in [2.45, 2.75) is 5.22 Å². The SMILES string of the molecule is COc1ccccc1C(=O)N1CCN(c2ccc(NC(=O)CSc3nnc(-c4cccc(Cl)c4)o3)cc2)CC1. The maximum atomic E-state index is 13.0. The number of hydrogen-bond acceptors (Lipinski definition) is 8. The molecule has 0 radical (unpaired) electrons. The van der Waals surface area contributed by atoms with Crippen LogP contribution in [0, 0.1) is 0 Å². The fraction of sp³-hybridized carbons (Fsp3) is 0.214. The van der Waals surface area contributed by atoms with E-state index >= 15 is 0 Å². The van der Waals surface area contributed by atoms with Crippen molar-refractivity contribution in [1.82, 2.24) is 15.1 Å². The molecule has 0 atom stereocenters. The normalized spacial score (nSPS) is 13.3. The number of nitrogens with one attached hydrogen (secondary N) is 1. The van der Waals surface area contributed by atoms with Crippen LogP contribution in [0.2, 0.25) is 5.02 Å². The lowest BCUT2D eigenvalue weighted by atomic mass is 10.1. The summed E-state index contributed by atoms with van der Waals surface area (Å²) in [7, 11) is 1.57. The van der Waals surface area contributed by atoms with Crippen LogP contribution in [0.3, 0.4) is 0 Å². The highest BCUT2D eigenvalue weighted by atomic mass is 35.5. The third kappa shape index (κ3) is 6.52. The minimum atomic E-state index is -0.182. The van der Waals surface area contributed by atoms with E-state index in [9.17, 15) is 9.59 Å². The zero-order valence-electron chi connectivity index (χ0n) is 21.2. The van der Waals surface area contributed by atoms with Gasteiger partial charge in [0.25, 0.3) is 11.1 Å². The van der Waals surface area contributed by atoms with E-state index in [0.29, 0.717) is 59.3 Å². The molecule has 1 N–H and O–H groups in total. The monoisotopic (exact) mass is 563 g/mol.